The molecular weight excluding hydrogens is 1290 g/mol. The summed E-state index contributed by atoms with van der Waals surface area (Å²) < 4.78 is 6.74. The molecule has 2 heterocycles. The molecule has 2 aliphatic heterocycles. The van der Waals surface area contributed by atoms with Crippen molar-refractivity contribution >= 4 is 58.3 Å². The number of halogens is 4. The SMILES string of the molecule is CC(C)(C)c1cc(CN2C(=[N+]=C3N(Cc4cc(C(C)(C)C)cc(C(C)(C)C)c4Cl)[C@@H](c4ccccc4)[C@H](c4ccccc4)N3Cc3cc(C(C)(C)C)cc(C(C)(C)C)c3Cl)N(Cc3cc(C(C)(C)C)cc(C(C)(C)C)c3Cl)[C@@H](c3ccccc3)[C@@H]2c2ccccc2)c(Cl)c(C(C)(C)C)c1. The van der Waals surface area contributed by atoms with Crippen LogP contribution in [0, 0.1) is 0 Å². The molecule has 0 saturated carbocycles. The van der Waals surface area contributed by atoms with E-state index in [4.69, 9.17) is 51.1 Å². The van der Waals surface area contributed by atoms with Crippen molar-refractivity contribution < 1.29 is 0 Å². The van der Waals surface area contributed by atoms with E-state index in [-0.39, 0.29) is 67.5 Å². The van der Waals surface area contributed by atoms with Crippen molar-refractivity contribution in [2.75, 3.05) is 0 Å². The summed E-state index contributed by atoms with van der Waals surface area (Å²) in [6.45, 7) is 56.8. The van der Waals surface area contributed by atoms with Gasteiger partial charge in [0.15, 0.2) is 0 Å². The van der Waals surface area contributed by atoms with Crippen molar-refractivity contribution in [3.63, 3.8) is 0 Å². The molecule has 2 saturated heterocycles. The van der Waals surface area contributed by atoms with Gasteiger partial charge in [0.2, 0.25) is 0 Å². The smallest absolute Gasteiger partial charge is 0.268 e. The first kappa shape index (κ1) is 75.2. The lowest BCUT2D eigenvalue weighted by molar-refractivity contribution is 0.263. The quantitative estimate of drug-likeness (QED) is 0.114. The van der Waals surface area contributed by atoms with Crippen LogP contribution >= 0.6 is 46.4 Å². The highest BCUT2D eigenvalue weighted by atomic mass is 35.5. The van der Waals surface area contributed by atoms with E-state index in [1.165, 1.54) is 22.3 Å². The second kappa shape index (κ2) is 27.7. The molecule has 0 aliphatic carbocycles. The van der Waals surface area contributed by atoms with Crippen molar-refractivity contribution in [1.82, 2.24) is 24.3 Å². The third kappa shape index (κ3) is 16.1. The average Bonchev–Trinajstić information content (AvgIpc) is 1.58. The normalized spacial score (nSPS) is 17.7. The van der Waals surface area contributed by atoms with Gasteiger partial charge in [-0.05, 0) is 132 Å². The molecule has 524 valence electrons. The first-order valence-corrected chi connectivity index (χ1v) is 37.4. The minimum Gasteiger partial charge on any atom is -0.268 e. The highest BCUT2D eigenvalue weighted by Crippen LogP contribution is 2.52. The molecule has 2 fully saturated rings. The second-order valence-corrected chi connectivity index (χ2v) is 38.1. The third-order valence-electron chi connectivity index (χ3n) is 20.4. The van der Waals surface area contributed by atoms with Crippen molar-refractivity contribution in [3.05, 3.63) is 279 Å². The van der Waals surface area contributed by atoms with Crippen LogP contribution < -0.4 is 4.67 Å². The largest absolute Gasteiger partial charge is 0.375 e. The van der Waals surface area contributed by atoms with Crippen LogP contribution in [-0.4, -0.2) is 31.5 Å². The number of nitrogens with zero attached hydrogens (tertiary/aromatic N) is 5. The van der Waals surface area contributed by atoms with Crippen LogP contribution in [0.5, 0.6) is 0 Å². The number of guanidine groups is 2. The van der Waals surface area contributed by atoms with Crippen molar-refractivity contribution in [2.24, 2.45) is 0 Å². The Labute approximate surface area is 617 Å². The zero-order valence-corrected chi connectivity index (χ0v) is 67.1. The molecule has 0 unspecified atom stereocenters. The summed E-state index contributed by atoms with van der Waals surface area (Å²) in [5.41, 5.74) is 16.2. The van der Waals surface area contributed by atoms with E-state index >= 15 is 0 Å². The standard InChI is InChI=1S/C90H112Cl4N5/c1-83(2,3)65-45-61(73(91)69(49-65)87(13,14)15)53-96-77(57-37-29-25-30-38-57)78(58-39-31-26-32-40-58)97(54-62-46-66(84(4,5)6)50-70(74(62)92)88(16,17)18)81(96)95-82-98(55-63-47-67(85(7,8)9)51-71(75(63)93)89(19,20)21)79(59-41-33-27-34-42-59)80(60-43-35-28-36-44-60)99(82)56-64-48-68(86(10,11)12)52-72(76(64)94)90(22,23)24/h25-52,77-80H,53-56H2,1-24H3/q+1/t77-,78-,79-,80-/m0/s1. The first-order valence-electron chi connectivity index (χ1n) is 35.9. The van der Waals surface area contributed by atoms with Gasteiger partial charge in [-0.15, -0.1) is 0 Å². The monoisotopic (exact) mass is 1400 g/mol. The fourth-order valence-electron chi connectivity index (χ4n) is 14.4. The van der Waals surface area contributed by atoms with E-state index in [9.17, 15) is 0 Å². The zero-order chi connectivity index (χ0) is 72.7. The number of rotatable bonds is 12. The molecule has 8 aromatic carbocycles. The predicted octanol–water partition coefficient (Wildman–Crippen LogP) is 24.8. The summed E-state index contributed by atoms with van der Waals surface area (Å²) in [4.78, 5) is 10.4. The summed E-state index contributed by atoms with van der Waals surface area (Å²) in [5.74, 6) is 1.59. The lowest BCUT2D eigenvalue weighted by atomic mass is 9.79. The summed E-state index contributed by atoms with van der Waals surface area (Å²) >= 11 is 32.5. The van der Waals surface area contributed by atoms with Crippen LogP contribution in [-0.2, 0) is 69.5 Å². The molecule has 0 amide bonds. The Morgan fingerprint density at radius 2 is 0.424 bits per heavy atom. The minimum absolute atomic E-state index is 0.200. The Morgan fingerprint density at radius 3 is 0.576 bits per heavy atom. The fourth-order valence-corrected chi connectivity index (χ4v) is 16.2. The van der Waals surface area contributed by atoms with Crippen LogP contribution in [0.25, 0.3) is 0 Å². The van der Waals surface area contributed by atoms with Gasteiger partial charge in [-0.3, -0.25) is 19.6 Å². The van der Waals surface area contributed by atoms with Gasteiger partial charge in [-0.25, -0.2) is 4.67 Å². The Balaban J connectivity index is 1.47. The molecule has 0 bridgehead atoms. The molecule has 2 aliphatic rings. The third-order valence-corrected chi connectivity index (χ3v) is 22.2. The minimum atomic E-state index is -0.315. The van der Waals surface area contributed by atoms with Crippen LogP contribution in [0.15, 0.2) is 170 Å². The van der Waals surface area contributed by atoms with Gasteiger partial charge in [0.25, 0.3) is 0 Å². The van der Waals surface area contributed by atoms with Crippen molar-refractivity contribution in [3.8, 4) is 0 Å². The molecule has 9 heteroatoms. The fraction of sp³-hybridized carbons (Fsp3) is 0.444. The maximum Gasteiger partial charge on any atom is 0.375 e. The Morgan fingerprint density at radius 1 is 0.253 bits per heavy atom. The lowest BCUT2D eigenvalue weighted by Crippen LogP contribution is -2.42. The lowest BCUT2D eigenvalue weighted by Gasteiger charge is -2.30. The number of hydrogen-bond acceptors (Lipinski definition) is 0. The second-order valence-electron chi connectivity index (χ2n) is 36.6. The zero-order valence-electron chi connectivity index (χ0n) is 64.1. The predicted molar refractivity (Wildman–Crippen MR) is 426 cm³/mol. The topological polar surface area (TPSA) is 27.1 Å². The Hall–Kier alpha value is -6.43. The van der Waals surface area contributed by atoms with E-state index in [1.54, 1.807) is 0 Å². The molecule has 0 spiro atoms. The number of hydrogen-bond donors (Lipinski definition) is 0. The molecular formula is C90H112Cl4N5+. The van der Waals surface area contributed by atoms with E-state index in [1.807, 2.05) is 0 Å². The summed E-state index contributed by atoms with van der Waals surface area (Å²) in [6, 6.07) is 62.1. The number of benzene rings is 8. The molecule has 99 heavy (non-hydrogen) atoms. The van der Waals surface area contributed by atoms with Gasteiger partial charge in [0.1, 0.15) is 24.2 Å². The van der Waals surface area contributed by atoms with Crippen molar-refractivity contribution in [2.45, 2.75) is 260 Å². The van der Waals surface area contributed by atoms with Crippen LogP contribution in [0.3, 0.4) is 0 Å². The van der Waals surface area contributed by atoms with E-state index < -0.39 is 0 Å². The summed E-state index contributed by atoms with van der Waals surface area (Å²) in [5, 5.41) is 3.07. The van der Waals surface area contributed by atoms with E-state index in [2.05, 4.69) is 356 Å². The van der Waals surface area contributed by atoms with Gasteiger partial charge in [-0.2, -0.15) is 0 Å². The van der Waals surface area contributed by atoms with Crippen LogP contribution in [0.1, 0.15) is 279 Å². The first-order chi connectivity index (χ1) is 45.8. The molecule has 0 N–H and O–H groups in total. The van der Waals surface area contributed by atoms with Crippen molar-refractivity contribution in [1.29, 1.82) is 0 Å². The maximum absolute atomic E-state index is 8.13. The molecule has 0 aromatic heterocycles. The van der Waals surface area contributed by atoms with Gasteiger partial charge < -0.3 is 0 Å². The molecule has 10 rings (SSSR count). The van der Waals surface area contributed by atoms with Gasteiger partial charge in [0, 0.05) is 0 Å². The average molecular weight is 1410 g/mol. The van der Waals surface area contributed by atoms with E-state index in [0.717, 1.165) is 98.8 Å². The molecule has 0 radical (unpaired) electrons. The van der Waals surface area contributed by atoms with Gasteiger partial charge >= 0.3 is 11.9 Å². The van der Waals surface area contributed by atoms with Crippen LogP contribution in [0.2, 0.25) is 20.1 Å². The van der Waals surface area contributed by atoms with Crippen LogP contribution in [0.4, 0.5) is 0 Å². The molecule has 5 nitrogen and oxygen atoms in total. The van der Waals surface area contributed by atoms with Gasteiger partial charge in [0.05, 0.1) is 46.3 Å². The molecule has 4 atom stereocenters. The molecule has 8 aromatic rings. The van der Waals surface area contributed by atoms with Gasteiger partial charge in [-0.1, -0.05) is 382 Å². The Bertz CT molecular complexity index is 3740. The summed E-state index contributed by atoms with van der Waals surface area (Å²) in [6.07, 6.45) is 0. The highest BCUT2D eigenvalue weighted by Gasteiger charge is 2.55. The maximum atomic E-state index is 8.13. The summed E-state index contributed by atoms with van der Waals surface area (Å²) in [7, 11) is 0. The Kier molecular flexibility index (Phi) is 21.1. The van der Waals surface area contributed by atoms with E-state index in [0.29, 0.717) is 26.2 Å². The highest BCUT2D eigenvalue weighted by molar-refractivity contribution is 6.33.